The number of hydrogen-bond acceptors (Lipinski definition) is 6. The van der Waals surface area contributed by atoms with Gasteiger partial charge >= 0.3 is 6.03 Å². The Bertz CT molecular complexity index is 1130. The second-order valence-electron chi connectivity index (χ2n) is 9.15. The van der Waals surface area contributed by atoms with E-state index in [0.717, 1.165) is 36.5 Å². The van der Waals surface area contributed by atoms with Gasteiger partial charge in [0.15, 0.2) is 0 Å². The number of aromatic nitrogens is 2. The first-order chi connectivity index (χ1) is 16.8. The first-order valence-corrected chi connectivity index (χ1v) is 11.9. The molecule has 0 aliphatic carbocycles. The summed E-state index contributed by atoms with van der Waals surface area (Å²) in [5.41, 5.74) is 3.43. The van der Waals surface area contributed by atoms with Crippen LogP contribution in [0.25, 0.3) is 11.3 Å². The highest BCUT2D eigenvalue weighted by atomic mass is 35.5. The fourth-order valence-electron chi connectivity index (χ4n) is 4.72. The molecule has 0 saturated carbocycles. The molecule has 9 nitrogen and oxygen atoms in total. The molecule has 0 bridgehead atoms. The minimum absolute atomic E-state index is 0.116. The molecule has 0 radical (unpaired) electrons. The van der Waals surface area contributed by atoms with Crippen molar-refractivity contribution < 1.29 is 9.59 Å². The van der Waals surface area contributed by atoms with Crippen LogP contribution in [-0.4, -0.2) is 81.8 Å². The monoisotopic (exact) mass is 495 g/mol. The molecule has 184 valence electrons. The molecule has 2 aliphatic rings. The van der Waals surface area contributed by atoms with Crippen LogP contribution in [0.15, 0.2) is 53.5 Å². The van der Waals surface area contributed by atoms with Gasteiger partial charge in [0.2, 0.25) is 5.91 Å². The number of carbonyl (C=O) groups excluding carboxylic acids is 2. The van der Waals surface area contributed by atoms with E-state index in [1.807, 2.05) is 29.2 Å². The summed E-state index contributed by atoms with van der Waals surface area (Å²) < 4.78 is 0. The zero-order valence-corrected chi connectivity index (χ0v) is 21.0. The summed E-state index contributed by atoms with van der Waals surface area (Å²) in [7, 11) is 1.66. The average Bonchev–Trinajstić information content (AvgIpc) is 3.42. The normalized spacial score (nSPS) is 20.0. The Labute approximate surface area is 210 Å². The number of fused-ring (bicyclic) bond motifs is 1. The molecule has 2 fully saturated rings. The fraction of sp³-hybridized carbons (Fsp3) is 0.400. The molecule has 35 heavy (non-hydrogen) atoms. The zero-order chi connectivity index (χ0) is 25.1. The second kappa shape index (κ2) is 10.5. The van der Waals surface area contributed by atoms with Gasteiger partial charge in [-0.3, -0.25) is 9.69 Å². The number of halogens is 1. The molecule has 10 heteroatoms. The third-order valence-electron chi connectivity index (χ3n) is 6.81. The van der Waals surface area contributed by atoms with Crippen molar-refractivity contribution in [3.05, 3.63) is 59.0 Å². The van der Waals surface area contributed by atoms with Crippen LogP contribution in [0, 0.1) is 11.8 Å². The van der Waals surface area contributed by atoms with Gasteiger partial charge < -0.3 is 9.80 Å². The molecular formula is C25H30ClN7O2. The summed E-state index contributed by atoms with van der Waals surface area (Å²) in [4.78, 5) is 30.3. The van der Waals surface area contributed by atoms with Crippen LogP contribution in [0.4, 0.5) is 4.79 Å². The van der Waals surface area contributed by atoms with E-state index in [-0.39, 0.29) is 11.9 Å². The fourth-order valence-corrected chi connectivity index (χ4v) is 4.96. The lowest BCUT2D eigenvalue weighted by Gasteiger charge is -2.25. The molecule has 4 rings (SSSR count). The number of benzene rings is 1. The number of amides is 3. The van der Waals surface area contributed by atoms with Crippen molar-refractivity contribution >= 4 is 30.3 Å². The van der Waals surface area contributed by atoms with Crippen molar-refractivity contribution in [3.63, 3.8) is 0 Å². The summed E-state index contributed by atoms with van der Waals surface area (Å²) >= 11 is 6.60. The number of carbonyl (C=O) groups is 2. The minimum Gasteiger partial charge on any atom is -0.322 e. The quantitative estimate of drug-likeness (QED) is 0.452. The summed E-state index contributed by atoms with van der Waals surface area (Å²) in [6.45, 7) is 10.7. The Morgan fingerprint density at radius 1 is 1.20 bits per heavy atom. The number of rotatable bonds is 6. The van der Waals surface area contributed by atoms with Gasteiger partial charge in [-0.2, -0.15) is 20.3 Å². The number of allylic oxidation sites excluding steroid dienone is 1. The Morgan fingerprint density at radius 3 is 2.49 bits per heavy atom. The molecule has 3 amide bonds. The average molecular weight is 496 g/mol. The van der Waals surface area contributed by atoms with Crippen LogP contribution in [0.1, 0.15) is 19.4 Å². The zero-order valence-electron chi connectivity index (χ0n) is 20.3. The number of urea groups is 1. The van der Waals surface area contributed by atoms with Crippen LogP contribution in [-0.2, 0) is 11.3 Å². The predicted octanol–water partition coefficient (Wildman–Crippen LogP) is 3.54. The Balaban J connectivity index is 1.34. The molecule has 1 aromatic carbocycles. The third-order valence-corrected chi connectivity index (χ3v) is 7.16. The molecular weight excluding hydrogens is 466 g/mol. The Morgan fingerprint density at radius 2 is 1.91 bits per heavy atom. The highest BCUT2D eigenvalue weighted by molar-refractivity contribution is 6.31. The van der Waals surface area contributed by atoms with Crippen molar-refractivity contribution in [2.75, 3.05) is 33.2 Å². The maximum absolute atomic E-state index is 13.0. The molecule has 2 saturated heterocycles. The highest BCUT2D eigenvalue weighted by Crippen LogP contribution is 2.34. The van der Waals surface area contributed by atoms with Gasteiger partial charge in [-0.05, 0) is 42.5 Å². The number of hydrogen-bond donors (Lipinski definition) is 0. The van der Waals surface area contributed by atoms with Crippen LogP contribution in [0.3, 0.4) is 0 Å². The number of hydrazone groups is 1. The van der Waals surface area contributed by atoms with Crippen molar-refractivity contribution in [2.45, 2.75) is 20.4 Å². The van der Waals surface area contributed by atoms with E-state index in [2.05, 4.69) is 33.0 Å². The molecule has 2 atom stereocenters. The first kappa shape index (κ1) is 24.8. The topological polar surface area (TPSA) is 85.2 Å². The molecule has 2 aromatic rings. The Kier molecular flexibility index (Phi) is 7.47. The van der Waals surface area contributed by atoms with E-state index in [9.17, 15) is 9.59 Å². The maximum Gasteiger partial charge on any atom is 0.344 e. The molecule has 0 spiro atoms. The molecule has 1 aromatic heterocycles. The van der Waals surface area contributed by atoms with E-state index < -0.39 is 0 Å². The van der Waals surface area contributed by atoms with E-state index in [4.69, 9.17) is 11.6 Å². The lowest BCUT2D eigenvalue weighted by Crippen LogP contribution is -2.39. The van der Waals surface area contributed by atoms with Gasteiger partial charge in [-0.1, -0.05) is 23.7 Å². The molecule has 0 N–H and O–H groups in total. The summed E-state index contributed by atoms with van der Waals surface area (Å²) in [5.74, 6) is 0.677. The number of likely N-dealkylation sites (tertiary alicyclic amines) is 2. The molecule has 2 unspecified atom stereocenters. The minimum atomic E-state index is -0.222. The van der Waals surface area contributed by atoms with Crippen LogP contribution in [0.5, 0.6) is 0 Å². The van der Waals surface area contributed by atoms with Crippen LogP contribution >= 0.6 is 11.6 Å². The molecule has 3 heterocycles. The van der Waals surface area contributed by atoms with Gasteiger partial charge in [-0.15, -0.1) is 0 Å². The number of nitrogens with zero attached hydrogens (tertiary/aromatic N) is 7. The first-order valence-electron chi connectivity index (χ1n) is 11.5. The smallest absolute Gasteiger partial charge is 0.322 e. The standard InChI is InChI=1S/C25H30ClN7O2/c1-17(30(4)18(2)34)11-33(27-3)25(35)32-15-21-13-31(14-22(21)16-32)12-20-8-7-19(10-23(20)26)24-6-5-9-28-29-24/h5-11,21-22H,3,12-16H2,1-2,4H3/b17-11+. The van der Waals surface area contributed by atoms with Crippen molar-refractivity contribution in [3.8, 4) is 11.3 Å². The van der Waals surface area contributed by atoms with Gasteiger partial charge in [0.1, 0.15) is 0 Å². The van der Waals surface area contributed by atoms with Crippen molar-refractivity contribution in [1.82, 2.24) is 29.9 Å². The van der Waals surface area contributed by atoms with Gasteiger partial charge in [0.05, 0.1) is 11.9 Å². The molecule has 2 aliphatic heterocycles. The maximum atomic E-state index is 13.0. The highest BCUT2D eigenvalue weighted by Gasteiger charge is 2.42. The van der Waals surface area contributed by atoms with E-state index in [1.165, 1.54) is 16.8 Å². The summed E-state index contributed by atoms with van der Waals surface area (Å²) in [5, 5.41) is 13.9. The summed E-state index contributed by atoms with van der Waals surface area (Å²) in [6, 6.07) is 9.56. The second-order valence-corrected chi connectivity index (χ2v) is 9.56. The van der Waals surface area contributed by atoms with Crippen LogP contribution < -0.4 is 0 Å². The van der Waals surface area contributed by atoms with Crippen LogP contribution in [0.2, 0.25) is 5.02 Å². The van der Waals surface area contributed by atoms with Gasteiger partial charge in [0.25, 0.3) is 0 Å². The lowest BCUT2D eigenvalue weighted by atomic mass is 10.0. The van der Waals surface area contributed by atoms with Crippen molar-refractivity contribution in [2.24, 2.45) is 16.9 Å². The van der Waals surface area contributed by atoms with Crippen molar-refractivity contribution in [1.29, 1.82) is 0 Å². The predicted molar refractivity (Wildman–Crippen MR) is 135 cm³/mol. The largest absolute Gasteiger partial charge is 0.344 e. The van der Waals surface area contributed by atoms with E-state index in [0.29, 0.717) is 35.6 Å². The van der Waals surface area contributed by atoms with Gasteiger partial charge in [0, 0.05) is 75.9 Å². The lowest BCUT2D eigenvalue weighted by molar-refractivity contribution is -0.125. The Hall–Kier alpha value is -3.30. The SMILES string of the molecule is C=NN(/C=C(\C)N(C)C(C)=O)C(=O)N1CC2CN(Cc3ccc(-c4cccnn4)cc3Cl)CC2C1. The van der Waals surface area contributed by atoms with Gasteiger partial charge in [-0.25, -0.2) is 4.79 Å². The third kappa shape index (κ3) is 5.52. The summed E-state index contributed by atoms with van der Waals surface area (Å²) in [6.07, 6.45) is 3.19. The van der Waals surface area contributed by atoms with E-state index in [1.54, 1.807) is 26.4 Å². The van der Waals surface area contributed by atoms with E-state index >= 15 is 0 Å².